The second kappa shape index (κ2) is 9.19. The summed E-state index contributed by atoms with van der Waals surface area (Å²) in [6, 6.07) is 11.4. The van der Waals surface area contributed by atoms with Gasteiger partial charge in [0.1, 0.15) is 5.75 Å². The van der Waals surface area contributed by atoms with Crippen molar-refractivity contribution in [3.63, 3.8) is 0 Å². The molecule has 6 heteroatoms. The number of carbonyl (C=O) groups is 2. The van der Waals surface area contributed by atoms with Gasteiger partial charge >= 0.3 is 0 Å². The second-order valence-corrected chi connectivity index (χ2v) is 6.61. The largest absolute Gasteiger partial charge is 0.495 e. The van der Waals surface area contributed by atoms with E-state index in [4.69, 9.17) is 4.74 Å². The summed E-state index contributed by atoms with van der Waals surface area (Å²) in [6.07, 6.45) is 0. The molecule has 2 aromatic rings. The molecule has 0 spiro atoms. The third-order valence-electron chi connectivity index (χ3n) is 4.26. The Morgan fingerprint density at radius 2 is 1.81 bits per heavy atom. The number of hydrogen-bond acceptors (Lipinski definition) is 4. The number of rotatable bonds is 7. The number of hydrogen-bond donors (Lipinski definition) is 3. The van der Waals surface area contributed by atoms with Crippen LogP contribution < -0.4 is 20.7 Å². The zero-order chi connectivity index (χ0) is 20.0. The van der Waals surface area contributed by atoms with Crippen molar-refractivity contribution in [3.8, 4) is 5.75 Å². The fraction of sp³-hybridized carbons (Fsp3) is 0.333. The molecule has 144 valence electrons. The maximum atomic E-state index is 12.4. The van der Waals surface area contributed by atoms with Gasteiger partial charge in [0.2, 0.25) is 11.8 Å². The number of ether oxygens (including phenoxy) is 1. The Balaban J connectivity index is 2.02. The van der Waals surface area contributed by atoms with Crippen LogP contribution in [0.4, 0.5) is 11.4 Å². The summed E-state index contributed by atoms with van der Waals surface area (Å²) in [5.41, 5.74) is 4.65. The lowest BCUT2D eigenvalue weighted by Gasteiger charge is -2.18. The predicted molar refractivity (Wildman–Crippen MR) is 108 cm³/mol. The molecule has 2 rings (SSSR count). The summed E-state index contributed by atoms with van der Waals surface area (Å²) < 4.78 is 5.28. The molecule has 6 nitrogen and oxygen atoms in total. The molecule has 3 N–H and O–H groups in total. The minimum absolute atomic E-state index is 0.0447. The molecule has 0 bridgehead atoms. The smallest absolute Gasteiger partial charge is 0.238 e. The molecule has 0 saturated heterocycles. The maximum absolute atomic E-state index is 12.4. The Labute approximate surface area is 160 Å². The zero-order valence-electron chi connectivity index (χ0n) is 16.5. The van der Waals surface area contributed by atoms with Crippen LogP contribution in [-0.2, 0) is 9.59 Å². The topological polar surface area (TPSA) is 79.5 Å². The summed E-state index contributed by atoms with van der Waals surface area (Å²) in [6.45, 7) is 7.73. The predicted octanol–water partition coefficient (Wildman–Crippen LogP) is 3.56. The van der Waals surface area contributed by atoms with E-state index in [2.05, 4.69) is 48.0 Å². The Bertz CT molecular complexity index is 833. The quantitative estimate of drug-likeness (QED) is 0.697. The van der Waals surface area contributed by atoms with Crippen molar-refractivity contribution in [1.82, 2.24) is 5.32 Å². The summed E-state index contributed by atoms with van der Waals surface area (Å²) in [7, 11) is 1.53. The molecule has 27 heavy (non-hydrogen) atoms. The minimum atomic E-state index is -0.189. The van der Waals surface area contributed by atoms with Crippen LogP contribution in [0.1, 0.15) is 36.6 Å². The highest BCUT2D eigenvalue weighted by Gasteiger charge is 2.13. The number of carbonyl (C=O) groups excluding carboxylic acids is 2. The van der Waals surface area contributed by atoms with Crippen LogP contribution in [0.2, 0.25) is 0 Å². The molecule has 0 saturated carbocycles. The average molecular weight is 369 g/mol. The van der Waals surface area contributed by atoms with E-state index in [0.29, 0.717) is 17.1 Å². The van der Waals surface area contributed by atoms with Gasteiger partial charge in [-0.25, -0.2) is 0 Å². The highest BCUT2D eigenvalue weighted by Crippen LogP contribution is 2.28. The number of nitrogens with one attached hydrogen (secondary N) is 3. The van der Waals surface area contributed by atoms with Gasteiger partial charge in [0.05, 0.1) is 19.3 Å². The molecule has 0 aliphatic heterocycles. The van der Waals surface area contributed by atoms with Crippen molar-refractivity contribution < 1.29 is 14.3 Å². The van der Waals surface area contributed by atoms with Gasteiger partial charge in [0, 0.05) is 18.7 Å². The normalized spacial score (nSPS) is 11.6. The molecule has 0 fully saturated rings. The van der Waals surface area contributed by atoms with Crippen LogP contribution in [-0.4, -0.2) is 25.5 Å². The maximum Gasteiger partial charge on any atom is 0.238 e. The second-order valence-electron chi connectivity index (χ2n) is 6.61. The van der Waals surface area contributed by atoms with Crippen molar-refractivity contribution in [2.45, 2.75) is 33.7 Å². The van der Waals surface area contributed by atoms with Crippen molar-refractivity contribution in [2.24, 2.45) is 0 Å². The Morgan fingerprint density at radius 3 is 2.48 bits per heavy atom. The van der Waals surface area contributed by atoms with E-state index in [1.807, 2.05) is 6.92 Å². The molecule has 1 atom stereocenters. The van der Waals surface area contributed by atoms with Gasteiger partial charge in [-0.1, -0.05) is 23.8 Å². The number of anilines is 2. The van der Waals surface area contributed by atoms with E-state index in [1.54, 1.807) is 18.2 Å². The van der Waals surface area contributed by atoms with Crippen molar-refractivity contribution >= 4 is 23.2 Å². The number of aryl methyl sites for hydroxylation is 2. The lowest BCUT2D eigenvalue weighted by molar-refractivity contribution is -0.115. The van der Waals surface area contributed by atoms with E-state index >= 15 is 0 Å². The molecule has 0 radical (unpaired) electrons. The van der Waals surface area contributed by atoms with Gasteiger partial charge in [0.15, 0.2) is 0 Å². The Hall–Kier alpha value is -2.86. The monoisotopic (exact) mass is 369 g/mol. The molecular formula is C21H27N3O3. The van der Waals surface area contributed by atoms with Crippen LogP contribution in [0, 0.1) is 13.8 Å². The Morgan fingerprint density at radius 1 is 1.07 bits per heavy atom. The van der Waals surface area contributed by atoms with E-state index in [1.165, 1.54) is 30.7 Å². The summed E-state index contributed by atoms with van der Waals surface area (Å²) >= 11 is 0. The number of benzene rings is 2. The van der Waals surface area contributed by atoms with Gasteiger partial charge < -0.3 is 20.7 Å². The summed E-state index contributed by atoms with van der Waals surface area (Å²) in [4.78, 5) is 23.6. The SMILES string of the molecule is COc1ccc(NC(C)=O)cc1NC(=O)CNC(C)c1cc(C)ccc1C. The van der Waals surface area contributed by atoms with Crippen LogP contribution in [0.3, 0.4) is 0 Å². The zero-order valence-corrected chi connectivity index (χ0v) is 16.5. The van der Waals surface area contributed by atoms with E-state index in [0.717, 1.165) is 0 Å². The lowest BCUT2D eigenvalue weighted by atomic mass is 10.00. The number of methoxy groups -OCH3 is 1. The lowest BCUT2D eigenvalue weighted by Crippen LogP contribution is -2.30. The van der Waals surface area contributed by atoms with Gasteiger partial charge in [0.25, 0.3) is 0 Å². The van der Waals surface area contributed by atoms with E-state index < -0.39 is 0 Å². The molecule has 2 amide bonds. The molecule has 0 aliphatic rings. The molecular weight excluding hydrogens is 342 g/mol. The van der Waals surface area contributed by atoms with Crippen LogP contribution >= 0.6 is 0 Å². The highest BCUT2D eigenvalue weighted by molar-refractivity contribution is 5.95. The van der Waals surface area contributed by atoms with Gasteiger partial charge in [-0.3, -0.25) is 9.59 Å². The first-order valence-electron chi connectivity index (χ1n) is 8.86. The van der Waals surface area contributed by atoms with Crippen LogP contribution in [0.5, 0.6) is 5.75 Å². The van der Waals surface area contributed by atoms with Gasteiger partial charge in [-0.2, -0.15) is 0 Å². The Kier molecular flexibility index (Phi) is 6.96. The van der Waals surface area contributed by atoms with Crippen molar-refractivity contribution in [2.75, 3.05) is 24.3 Å². The fourth-order valence-electron chi connectivity index (χ4n) is 2.86. The highest BCUT2D eigenvalue weighted by atomic mass is 16.5. The van der Waals surface area contributed by atoms with E-state index in [9.17, 15) is 9.59 Å². The van der Waals surface area contributed by atoms with Gasteiger partial charge in [-0.15, -0.1) is 0 Å². The van der Waals surface area contributed by atoms with Crippen molar-refractivity contribution in [1.29, 1.82) is 0 Å². The average Bonchev–Trinajstić information content (AvgIpc) is 2.61. The first-order valence-corrected chi connectivity index (χ1v) is 8.86. The van der Waals surface area contributed by atoms with Crippen LogP contribution in [0.25, 0.3) is 0 Å². The standard InChI is InChI=1S/C21H27N3O3/c1-13-6-7-14(2)18(10-13)15(3)22-12-21(26)24-19-11-17(23-16(4)25)8-9-20(19)27-5/h6-11,15,22H,12H2,1-5H3,(H,23,25)(H,24,26). The summed E-state index contributed by atoms with van der Waals surface area (Å²) in [5, 5.41) is 8.77. The molecule has 0 heterocycles. The molecule has 0 aromatic heterocycles. The van der Waals surface area contributed by atoms with Gasteiger partial charge in [-0.05, 0) is 50.1 Å². The third kappa shape index (κ3) is 5.82. The minimum Gasteiger partial charge on any atom is -0.495 e. The number of amides is 2. The first-order chi connectivity index (χ1) is 12.8. The molecule has 2 aromatic carbocycles. The van der Waals surface area contributed by atoms with Crippen molar-refractivity contribution in [3.05, 3.63) is 53.1 Å². The fourth-order valence-corrected chi connectivity index (χ4v) is 2.86. The van der Waals surface area contributed by atoms with E-state index in [-0.39, 0.29) is 24.4 Å². The first kappa shape index (κ1) is 20.5. The molecule has 1 unspecified atom stereocenters. The third-order valence-corrected chi connectivity index (χ3v) is 4.26. The van der Waals surface area contributed by atoms with Crippen LogP contribution in [0.15, 0.2) is 36.4 Å². The summed E-state index contributed by atoms with van der Waals surface area (Å²) in [5.74, 6) is 0.159. The molecule has 0 aliphatic carbocycles.